The molecule has 0 saturated heterocycles. The van der Waals surface area contributed by atoms with E-state index in [0.29, 0.717) is 17.6 Å². The standard InChI is InChI=1S/C15H17ClN2O/c1-2-18(12-6-7-12)14(19)10-17-9-8-11-4-3-5-13(16)15(11)17/h3-5,8-9,12H,2,6-7,10H2,1H3. The summed E-state index contributed by atoms with van der Waals surface area (Å²) in [4.78, 5) is 14.3. The molecule has 0 atom stereocenters. The Morgan fingerprint density at radius 2 is 2.21 bits per heavy atom. The molecule has 1 heterocycles. The Hall–Kier alpha value is -1.48. The Morgan fingerprint density at radius 1 is 1.42 bits per heavy atom. The molecule has 0 unspecified atom stereocenters. The third kappa shape index (κ3) is 2.35. The lowest BCUT2D eigenvalue weighted by atomic mass is 10.2. The average molecular weight is 277 g/mol. The molecular formula is C15H17ClN2O. The molecule has 1 saturated carbocycles. The molecule has 100 valence electrons. The van der Waals surface area contributed by atoms with Crippen molar-refractivity contribution in [2.24, 2.45) is 0 Å². The van der Waals surface area contributed by atoms with Crippen LogP contribution in [0, 0.1) is 0 Å². The Bertz CT molecular complexity index is 616. The number of amides is 1. The summed E-state index contributed by atoms with van der Waals surface area (Å²) < 4.78 is 1.95. The Labute approximate surface area is 117 Å². The van der Waals surface area contributed by atoms with E-state index in [4.69, 9.17) is 11.6 Å². The van der Waals surface area contributed by atoms with Crippen LogP contribution in [0.4, 0.5) is 0 Å². The van der Waals surface area contributed by atoms with Gasteiger partial charge in [-0.2, -0.15) is 0 Å². The Morgan fingerprint density at radius 3 is 2.89 bits per heavy atom. The summed E-state index contributed by atoms with van der Waals surface area (Å²) in [6.45, 7) is 3.20. The lowest BCUT2D eigenvalue weighted by Crippen LogP contribution is -2.35. The number of carbonyl (C=O) groups excluding carboxylic acids is 1. The molecule has 0 N–H and O–H groups in total. The molecule has 0 aliphatic heterocycles. The van der Waals surface area contributed by atoms with Crippen molar-refractivity contribution in [3.05, 3.63) is 35.5 Å². The van der Waals surface area contributed by atoms with Gasteiger partial charge in [0.05, 0.1) is 10.5 Å². The van der Waals surface area contributed by atoms with E-state index < -0.39 is 0 Å². The lowest BCUT2D eigenvalue weighted by molar-refractivity contribution is -0.132. The number of likely N-dealkylation sites (N-methyl/N-ethyl adjacent to an activating group) is 1. The van der Waals surface area contributed by atoms with Crippen molar-refractivity contribution in [1.82, 2.24) is 9.47 Å². The third-order valence-electron chi connectivity index (χ3n) is 3.69. The minimum absolute atomic E-state index is 0.183. The van der Waals surface area contributed by atoms with Gasteiger partial charge in [0.2, 0.25) is 5.91 Å². The van der Waals surface area contributed by atoms with Crippen LogP contribution in [0.3, 0.4) is 0 Å². The number of hydrogen-bond donors (Lipinski definition) is 0. The van der Waals surface area contributed by atoms with E-state index in [1.165, 1.54) is 0 Å². The fraction of sp³-hybridized carbons (Fsp3) is 0.400. The molecule has 1 fully saturated rings. The van der Waals surface area contributed by atoms with Gasteiger partial charge in [-0.05, 0) is 31.9 Å². The topological polar surface area (TPSA) is 25.2 Å². The monoisotopic (exact) mass is 276 g/mol. The van der Waals surface area contributed by atoms with E-state index in [-0.39, 0.29) is 5.91 Å². The maximum absolute atomic E-state index is 12.3. The van der Waals surface area contributed by atoms with E-state index >= 15 is 0 Å². The van der Waals surface area contributed by atoms with Gasteiger partial charge in [0.1, 0.15) is 6.54 Å². The Balaban J connectivity index is 1.87. The van der Waals surface area contributed by atoms with Gasteiger partial charge in [-0.1, -0.05) is 23.7 Å². The second-order valence-electron chi connectivity index (χ2n) is 5.03. The first-order chi connectivity index (χ1) is 9.20. The van der Waals surface area contributed by atoms with Gasteiger partial charge >= 0.3 is 0 Å². The van der Waals surface area contributed by atoms with Crippen LogP contribution in [-0.4, -0.2) is 28.0 Å². The van der Waals surface area contributed by atoms with Gasteiger partial charge in [0.25, 0.3) is 0 Å². The number of rotatable bonds is 4. The van der Waals surface area contributed by atoms with Gasteiger partial charge in [0.15, 0.2) is 0 Å². The number of halogens is 1. The summed E-state index contributed by atoms with van der Waals surface area (Å²) in [5.41, 5.74) is 0.948. The first-order valence-electron chi connectivity index (χ1n) is 6.73. The van der Waals surface area contributed by atoms with Crippen LogP contribution < -0.4 is 0 Å². The SMILES string of the molecule is CCN(C(=O)Cn1ccc2cccc(Cl)c21)C1CC1. The van der Waals surface area contributed by atoms with Crippen molar-refractivity contribution in [2.75, 3.05) is 6.54 Å². The highest BCUT2D eigenvalue weighted by atomic mass is 35.5. The minimum atomic E-state index is 0.183. The highest BCUT2D eigenvalue weighted by Crippen LogP contribution is 2.28. The summed E-state index contributed by atoms with van der Waals surface area (Å²) in [5, 5.41) is 1.78. The van der Waals surface area contributed by atoms with Gasteiger partial charge in [-0.15, -0.1) is 0 Å². The molecule has 3 nitrogen and oxygen atoms in total. The van der Waals surface area contributed by atoms with Crippen molar-refractivity contribution >= 4 is 28.4 Å². The summed E-state index contributed by atoms with van der Waals surface area (Å²) in [6, 6.07) is 8.28. The molecule has 0 spiro atoms. The molecule has 4 heteroatoms. The zero-order valence-electron chi connectivity index (χ0n) is 11.0. The van der Waals surface area contributed by atoms with Crippen LogP contribution in [0.15, 0.2) is 30.5 Å². The first kappa shape index (κ1) is 12.5. The predicted octanol–water partition coefficient (Wildman–Crippen LogP) is 3.31. The normalized spacial score (nSPS) is 14.8. The van der Waals surface area contributed by atoms with Crippen LogP contribution in [0.25, 0.3) is 10.9 Å². The zero-order chi connectivity index (χ0) is 13.4. The van der Waals surface area contributed by atoms with Crippen molar-refractivity contribution < 1.29 is 4.79 Å². The predicted molar refractivity (Wildman–Crippen MR) is 77.4 cm³/mol. The van der Waals surface area contributed by atoms with E-state index in [1.807, 2.05) is 46.9 Å². The Kier molecular flexibility index (Phi) is 3.23. The highest BCUT2D eigenvalue weighted by Gasteiger charge is 2.31. The largest absolute Gasteiger partial charge is 0.338 e. The van der Waals surface area contributed by atoms with E-state index in [1.54, 1.807) is 0 Å². The molecule has 1 aromatic carbocycles. The van der Waals surface area contributed by atoms with Crippen LogP contribution in [0.1, 0.15) is 19.8 Å². The second-order valence-corrected chi connectivity index (χ2v) is 5.44. The summed E-state index contributed by atoms with van der Waals surface area (Å²) in [7, 11) is 0. The van der Waals surface area contributed by atoms with Gasteiger partial charge in [-0.3, -0.25) is 4.79 Å². The number of nitrogens with zero attached hydrogens (tertiary/aromatic N) is 2. The summed E-state index contributed by atoms with van der Waals surface area (Å²) >= 11 is 6.23. The van der Waals surface area contributed by atoms with Crippen LogP contribution >= 0.6 is 11.6 Å². The molecule has 1 amide bonds. The minimum Gasteiger partial charge on any atom is -0.338 e. The molecule has 19 heavy (non-hydrogen) atoms. The fourth-order valence-corrected chi connectivity index (χ4v) is 2.90. The van der Waals surface area contributed by atoms with Crippen molar-refractivity contribution in [2.45, 2.75) is 32.4 Å². The quantitative estimate of drug-likeness (QED) is 0.841. The smallest absolute Gasteiger partial charge is 0.242 e. The molecule has 0 radical (unpaired) electrons. The molecular weight excluding hydrogens is 260 g/mol. The fourth-order valence-electron chi connectivity index (χ4n) is 2.61. The van der Waals surface area contributed by atoms with Gasteiger partial charge in [-0.25, -0.2) is 0 Å². The molecule has 1 aromatic heterocycles. The van der Waals surface area contributed by atoms with E-state index in [0.717, 1.165) is 30.3 Å². The molecule has 2 aromatic rings. The first-order valence-corrected chi connectivity index (χ1v) is 7.11. The third-order valence-corrected chi connectivity index (χ3v) is 4.00. The summed E-state index contributed by atoms with van der Waals surface area (Å²) in [5.74, 6) is 0.183. The van der Waals surface area contributed by atoms with Gasteiger partial charge < -0.3 is 9.47 Å². The van der Waals surface area contributed by atoms with Crippen molar-refractivity contribution in [3.8, 4) is 0 Å². The van der Waals surface area contributed by atoms with Crippen LogP contribution in [-0.2, 0) is 11.3 Å². The van der Waals surface area contributed by atoms with Crippen molar-refractivity contribution in [3.63, 3.8) is 0 Å². The molecule has 3 rings (SSSR count). The number of aromatic nitrogens is 1. The number of para-hydroxylation sites is 1. The van der Waals surface area contributed by atoms with Crippen LogP contribution in [0.5, 0.6) is 0 Å². The zero-order valence-corrected chi connectivity index (χ0v) is 11.7. The number of hydrogen-bond acceptors (Lipinski definition) is 1. The van der Waals surface area contributed by atoms with Gasteiger partial charge in [0, 0.05) is 24.2 Å². The molecule has 1 aliphatic rings. The maximum Gasteiger partial charge on any atom is 0.242 e. The lowest BCUT2D eigenvalue weighted by Gasteiger charge is -2.21. The second kappa shape index (κ2) is 4.89. The average Bonchev–Trinajstić information content (AvgIpc) is 3.13. The number of fused-ring (bicyclic) bond motifs is 1. The van der Waals surface area contributed by atoms with E-state index in [9.17, 15) is 4.79 Å². The highest BCUT2D eigenvalue weighted by molar-refractivity contribution is 6.35. The van der Waals surface area contributed by atoms with Crippen molar-refractivity contribution in [1.29, 1.82) is 0 Å². The summed E-state index contributed by atoms with van der Waals surface area (Å²) in [6.07, 6.45) is 4.23. The van der Waals surface area contributed by atoms with E-state index in [2.05, 4.69) is 0 Å². The number of benzene rings is 1. The molecule has 0 bridgehead atoms. The molecule has 1 aliphatic carbocycles. The van der Waals surface area contributed by atoms with Crippen LogP contribution in [0.2, 0.25) is 5.02 Å². The maximum atomic E-state index is 12.3. The number of carbonyl (C=O) groups is 1.